The van der Waals surface area contributed by atoms with Crippen LogP contribution in [0.5, 0.6) is 11.5 Å². The fourth-order valence-corrected chi connectivity index (χ4v) is 2.62. The fourth-order valence-electron chi connectivity index (χ4n) is 2.62. The lowest BCUT2D eigenvalue weighted by molar-refractivity contribution is -0.286. The Hall–Kier alpha value is -2.96. The maximum atomic E-state index is 13.1. The van der Waals surface area contributed by atoms with Gasteiger partial charge in [-0.05, 0) is 31.2 Å². The third kappa shape index (κ3) is 2.12. The van der Waals surface area contributed by atoms with E-state index in [2.05, 4.69) is 14.5 Å². The van der Waals surface area contributed by atoms with Gasteiger partial charge in [-0.3, -0.25) is 9.36 Å². The number of halogens is 2. The molecule has 0 N–H and O–H groups in total. The van der Waals surface area contributed by atoms with Gasteiger partial charge in [0, 0.05) is 6.07 Å². The molecule has 0 saturated heterocycles. The summed E-state index contributed by atoms with van der Waals surface area (Å²) in [6.07, 6.45) is -3.69. The van der Waals surface area contributed by atoms with Crippen LogP contribution in [0.15, 0.2) is 47.3 Å². The normalized spacial score (nSPS) is 15.1. The van der Waals surface area contributed by atoms with Gasteiger partial charge in [0.05, 0.1) is 16.6 Å². The summed E-state index contributed by atoms with van der Waals surface area (Å²) in [6, 6.07) is 11.1. The van der Waals surface area contributed by atoms with Crippen LogP contribution in [-0.4, -0.2) is 15.8 Å². The van der Waals surface area contributed by atoms with Crippen LogP contribution in [0.3, 0.4) is 0 Å². The highest BCUT2D eigenvalue weighted by molar-refractivity contribution is 5.77. The number of para-hydroxylation sites is 1. The number of ether oxygens (including phenoxy) is 2. The zero-order valence-electron chi connectivity index (χ0n) is 11.9. The Kier molecular flexibility index (Phi) is 2.69. The average molecular weight is 316 g/mol. The van der Waals surface area contributed by atoms with Gasteiger partial charge in [-0.25, -0.2) is 4.98 Å². The quantitative estimate of drug-likeness (QED) is 0.692. The molecular formula is C16H10F2N2O3. The lowest BCUT2D eigenvalue weighted by Crippen LogP contribution is -2.26. The van der Waals surface area contributed by atoms with E-state index in [0.29, 0.717) is 22.4 Å². The van der Waals surface area contributed by atoms with E-state index in [1.165, 1.54) is 22.8 Å². The number of fused-ring (bicyclic) bond motifs is 2. The summed E-state index contributed by atoms with van der Waals surface area (Å²) < 4.78 is 36.4. The van der Waals surface area contributed by atoms with E-state index in [0.717, 1.165) is 0 Å². The molecule has 2 aromatic carbocycles. The van der Waals surface area contributed by atoms with E-state index < -0.39 is 6.29 Å². The molecule has 1 aliphatic heterocycles. The number of hydrogen-bond donors (Lipinski definition) is 0. The van der Waals surface area contributed by atoms with Crippen molar-refractivity contribution in [2.24, 2.45) is 0 Å². The molecule has 116 valence electrons. The van der Waals surface area contributed by atoms with Crippen LogP contribution < -0.4 is 15.0 Å². The fraction of sp³-hybridized carbons (Fsp3) is 0.125. The second-order valence-electron chi connectivity index (χ2n) is 5.12. The molecule has 0 amide bonds. The molecule has 0 atom stereocenters. The summed E-state index contributed by atoms with van der Waals surface area (Å²) in [5.74, 6) is 0.254. The van der Waals surface area contributed by atoms with Crippen molar-refractivity contribution in [3.05, 3.63) is 58.6 Å². The monoisotopic (exact) mass is 316 g/mol. The number of alkyl halides is 2. The number of rotatable bonds is 1. The van der Waals surface area contributed by atoms with Crippen LogP contribution >= 0.6 is 0 Å². The first-order chi connectivity index (χ1) is 10.9. The maximum Gasteiger partial charge on any atom is 0.586 e. The van der Waals surface area contributed by atoms with E-state index in [1.807, 2.05) is 0 Å². The molecule has 3 aromatic rings. The van der Waals surface area contributed by atoms with Gasteiger partial charge >= 0.3 is 6.29 Å². The predicted octanol–water partition coefficient (Wildman–Crippen LogP) is 3.02. The molecule has 0 fully saturated rings. The number of benzene rings is 2. The molecule has 2 heterocycles. The molecule has 0 spiro atoms. The van der Waals surface area contributed by atoms with Crippen molar-refractivity contribution in [3.8, 4) is 17.2 Å². The molecule has 5 nitrogen and oxygen atoms in total. The topological polar surface area (TPSA) is 53.4 Å². The van der Waals surface area contributed by atoms with E-state index in [4.69, 9.17) is 0 Å². The summed E-state index contributed by atoms with van der Waals surface area (Å²) in [4.78, 5) is 17.1. The van der Waals surface area contributed by atoms with E-state index in [9.17, 15) is 13.6 Å². The summed E-state index contributed by atoms with van der Waals surface area (Å²) in [6.45, 7) is 1.67. The standard InChI is InChI=1S/C16H10F2N2O3/c1-9-19-12-5-3-2-4-11(12)15(21)20(9)10-6-7-13-14(8-10)23-16(17,18)22-13/h2-8H,1H3. The van der Waals surface area contributed by atoms with Gasteiger partial charge in [0.25, 0.3) is 5.56 Å². The summed E-state index contributed by atoms with van der Waals surface area (Å²) in [5, 5.41) is 0.445. The van der Waals surface area contributed by atoms with Crippen LogP contribution in [0, 0.1) is 6.92 Å². The van der Waals surface area contributed by atoms with Crippen molar-refractivity contribution in [2.75, 3.05) is 0 Å². The molecule has 0 unspecified atom stereocenters. The Morgan fingerprint density at radius 2 is 1.83 bits per heavy atom. The van der Waals surface area contributed by atoms with Crippen LogP contribution in [-0.2, 0) is 0 Å². The van der Waals surface area contributed by atoms with Gasteiger partial charge in [-0.1, -0.05) is 12.1 Å². The molecule has 23 heavy (non-hydrogen) atoms. The molecule has 1 aromatic heterocycles. The summed E-state index contributed by atoms with van der Waals surface area (Å²) >= 11 is 0. The van der Waals surface area contributed by atoms with Crippen LogP contribution in [0.4, 0.5) is 8.78 Å². The second-order valence-corrected chi connectivity index (χ2v) is 5.12. The Morgan fingerprint density at radius 1 is 1.09 bits per heavy atom. The first-order valence-corrected chi connectivity index (χ1v) is 6.83. The highest BCUT2D eigenvalue weighted by atomic mass is 19.3. The molecule has 0 saturated carbocycles. The Labute approximate surface area is 128 Å². The Morgan fingerprint density at radius 3 is 2.65 bits per heavy atom. The van der Waals surface area contributed by atoms with Crippen molar-refractivity contribution >= 4 is 10.9 Å². The van der Waals surface area contributed by atoms with E-state index in [1.54, 1.807) is 31.2 Å². The average Bonchev–Trinajstić information content (AvgIpc) is 2.80. The molecule has 0 radical (unpaired) electrons. The van der Waals surface area contributed by atoms with Crippen molar-refractivity contribution in [1.82, 2.24) is 9.55 Å². The third-order valence-electron chi connectivity index (χ3n) is 3.59. The second kappa shape index (κ2) is 4.52. The lowest BCUT2D eigenvalue weighted by atomic mass is 10.2. The lowest BCUT2D eigenvalue weighted by Gasteiger charge is -2.11. The number of nitrogens with zero attached hydrogens (tertiary/aromatic N) is 2. The van der Waals surface area contributed by atoms with Gasteiger partial charge in [-0.15, -0.1) is 8.78 Å². The first-order valence-electron chi connectivity index (χ1n) is 6.83. The largest absolute Gasteiger partial charge is 0.586 e. The van der Waals surface area contributed by atoms with Gasteiger partial charge in [0.2, 0.25) is 0 Å². The molecule has 4 rings (SSSR count). The molecule has 0 aliphatic carbocycles. The van der Waals surface area contributed by atoms with Gasteiger partial charge in [-0.2, -0.15) is 0 Å². The number of aromatic nitrogens is 2. The molecule has 1 aliphatic rings. The minimum Gasteiger partial charge on any atom is -0.395 e. The summed E-state index contributed by atoms with van der Waals surface area (Å²) in [7, 11) is 0. The Bertz CT molecular complexity index is 998. The minimum absolute atomic E-state index is 0.0711. The molecular weight excluding hydrogens is 306 g/mol. The zero-order valence-corrected chi connectivity index (χ0v) is 11.9. The maximum absolute atomic E-state index is 13.1. The zero-order chi connectivity index (χ0) is 16.2. The van der Waals surface area contributed by atoms with Gasteiger partial charge in [0.15, 0.2) is 11.5 Å². The van der Waals surface area contributed by atoms with Crippen molar-refractivity contribution < 1.29 is 18.3 Å². The minimum atomic E-state index is -3.69. The smallest absolute Gasteiger partial charge is 0.395 e. The SMILES string of the molecule is Cc1nc2ccccc2c(=O)n1-c1ccc2c(c1)OC(F)(F)O2. The van der Waals surface area contributed by atoms with Crippen LogP contribution in [0.25, 0.3) is 16.6 Å². The van der Waals surface area contributed by atoms with Gasteiger partial charge in [0.1, 0.15) is 5.82 Å². The molecule has 7 heteroatoms. The highest BCUT2D eigenvalue weighted by Gasteiger charge is 2.43. The highest BCUT2D eigenvalue weighted by Crippen LogP contribution is 2.41. The Balaban J connectivity index is 1.93. The number of hydrogen-bond acceptors (Lipinski definition) is 4. The van der Waals surface area contributed by atoms with Crippen molar-refractivity contribution in [1.29, 1.82) is 0 Å². The summed E-state index contributed by atoms with van der Waals surface area (Å²) in [5.41, 5.74) is 0.683. The van der Waals surface area contributed by atoms with Crippen LogP contribution in [0.1, 0.15) is 5.82 Å². The third-order valence-corrected chi connectivity index (χ3v) is 3.59. The first kappa shape index (κ1) is 13.7. The van der Waals surface area contributed by atoms with E-state index >= 15 is 0 Å². The van der Waals surface area contributed by atoms with E-state index in [-0.39, 0.29) is 17.1 Å². The van der Waals surface area contributed by atoms with Crippen molar-refractivity contribution in [2.45, 2.75) is 13.2 Å². The molecule has 0 bridgehead atoms. The van der Waals surface area contributed by atoms with Crippen LogP contribution in [0.2, 0.25) is 0 Å². The predicted molar refractivity (Wildman–Crippen MR) is 78.3 cm³/mol. The van der Waals surface area contributed by atoms with Crippen molar-refractivity contribution in [3.63, 3.8) is 0 Å². The number of aryl methyl sites for hydroxylation is 1. The van der Waals surface area contributed by atoms with Gasteiger partial charge < -0.3 is 9.47 Å².